The molecule has 0 aromatic heterocycles. The third kappa shape index (κ3) is 2.19. The first-order valence-electron chi connectivity index (χ1n) is 9.15. The highest BCUT2D eigenvalue weighted by molar-refractivity contribution is 5.59. The maximum absolute atomic E-state index is 11.4. The summed E-state index contributed by atoms with van der Waals surface area (Å²) in [6.45, 7) is 7.00. The summed E-state index contributed by atoms with van der Waals surface area (Å²) >= 11 is 0. The molecule has 4 atom stereocenters. The maximum atomic E-state index is 11.4. The van der Waals surface area contributed by atoms with Crippen molar-refractivity contribution in [2.75, 3.05) is 6.61 Å². The maximum Gasteiger partial charge on any atom is 0.164 e. The van der Waals surface area contributed by atoms with E-state index in [1.165, 1.54) is 0 Å². The monoisotopic (exact) mass is 332 g/mol. The lowest BCUT2D eigenvalue weighted by atomic mass is 9.59. The Morgan fingerprint density at radius 1 is 1.21 bits per heavy atom. The van der Waals surface area contributed by atoms with Crippen molar-refractivity contribution < 1.29 is 20.1 Å². The number of phenolic OH excluding ortho intramolecular Hbond substituents is 1. The molecule has 1 heterocycles. The number of fused-ring (bicyclic) bond motifs is 3. The van der Waals surface area contributed by atoms with Gasteiger partial charge in [-0.25, -0.2) is 0 Å². The molecule has 24 heavy (non-hydrogen) atoms. The SMILES string of the molecule is C[C@@H]1COc2c1cc1c(c2O)C[C@@]2(O)CCCC(C)(C)[C@@H]2C[C@@H]1O. The second-order valence-electron chi connectivity index (χ2n) is 8.85. The van der Waals surface area contributed by atoms with Crippen LogP contribution < -0.4 is 4.74 Å². The predicted molar refractivity (Wildman–Crippen MR) is 91.4 cm³/mol. The fourth-order valence-corrected chi connectivity index (χ4v) is 5.36. The zero-order valence-electron chi connectivity index (χ0n) is 14.8. The standard InChI is InChI=1S/C20H28O4/c1-11-10-24-18-12(11)7-13-14(17(18)22)9-20(23)6-4-5-19(2,3)16(20)8-15(13)21/h7,11,15-16,21-23H,4-6,8-10H2,1-3H3/t11-,15+,16+,20+/m1/s1. The Hall–Kier alpha value is -1.26. The van der Waals surface area contributed by atoms with Gasteiger partial charge in [0.2, 0.25) is 0 Å². The Labute approximate surface area is 143 Å². The van der Waals surface area contributed by atoms with Crippen molar-refractivity contribution in [3.05, 3.63) is 22.8 Å². The zero-order chi connectivity index (χ0) is 17.3. The molecule has 0 spiro atoms. The van der Waals surface area contributed by atoms with Crippen LogP contribution in [-0.4, -0.2) is 27.5 Å². The van der Waals surface area contributed by atoms with E-state index in [-0.39, 0.29) is 23.0 Å². The molecule has 4 rings (SSSR count). The van der Waals surface area contributed by atoms with Gasteiger partial charge in [-0.15, -0.1) is 0 Å². The minimum absolute atomic E-state index is 0.0157. The van der Waals surface area contributed by atoms with E-state index in [2.05, 4.69) is 20.8 Å². The highest BCUT2D eigenvalue weighted by Crippen LogP contribution is 2.56. The number of phenols is 1. The van der Waals surface area contributed by atoms with Gasteiger partial charge in [-0.1, -0.05) is 27.2 Å². The molecule has 0 bridgehead atoms. The smallest absolute Gasteiger partial charge is 0.164 e. The minimum atomic E-state index is -0.871. The van der Waals surface area contributed by atoms with Crippen LogP contribution in [0.5, 0.6) is 11.5 Å². The third-order valence-electron chi connectivity index (χ3n) is 6.75. The molecular formula is C20H28O4. The Balaban J connectivity index is 1.86. The fraction of sp³-hybridized carbons (Fsp3) is 0.700. The molecule has 132 valence electrons. The van der Waals surface area contributed by atoms with Crippen LogP contribution in [0, 0.1) is 11.3 Å². The lowest BCUT2D eigenvalue weighted by molar-refractivity contribution is -0.112. The van der Waals surface area contributed by atoms with E-state index in [0.717, 1.165) is 30.4 Å². The Morgan fingerprint density at radius 2 is 1.96 bits per heavy atom. The fourth-order valence-electron chi connectivity index (χ4n) is 5.36. The van der Waals surface area contributed by atoms with Crippen LogP contribution in [0.25, 0.3) is 0 Å². The van der Waals surface area contributed by atoms with Gasteiger partial charge < -0.3 is 20.1 Å². The molecular weight excluding hydrogens is 304 g/mol. The lowest BCUT2D eigenvalue weighted by Crippen LogP contribution is -2.50. The van der Waals surface area contributed by atoms with E-state index in [9.17, 15) is 15.3 Å². The molecule has 0 amide bonds. The highest BCUT2D eigenvalue weighted by atomic mass is 16.5. The van der Waals surface area contributed by atoms with Crippen LogP contribution in [0.3, 0.4) is 0 Å². The summed E-state index contributed by atoms with van der Waals surface area (Å²) in [4.78, 5) is 0. The van der Waals surface area contributed by atoms with E-state index >= 15 is 0 Å². The Kier molecular flexibility index (Phi) is 3.46. The van der Waals surface area contributed by atoms with Crippen LogP contribution >= 0.6 is 0 Å². The largest absolute Gasteiger partial charge is 0.504 e. The van der Waals surface area contributed by atoms with Crippen LogP contribution in [0.15, 0.2) is 6.07 Å². The number of hydrogen-bond acceptors (Lipinski definition) is 4. The normalized spacial score (nSPS) is 37.0. The Bertz CT molecular complexity index is 681. The second kappa shape index (κ2) is 5.12. The molecule has 0 unspecified atom stereocenters. The minimum Gasteiger partial charge on any atom is -0.504 e. The summed E-state index contributed by atoms with van der Waals surface area (Å²) in [5, 5.41) is 33.1. The van der Waals surface area contributed by atoms with E-state index in [0.29, 0.717) is 30.8 Å². The molecule has 1 fully saturated rings. The molecule has 0 saturated heterocycles. The van der Waals surface area contributed by atoms with Gasteiger partial charge in [0.05, 0.1) is 18.3 Å². The van der Waals surface area contributed by atoms with E-state index in [1.54, 1.807) is 0 Å². The molecule has 3 aliphatic rings. The molecule has 4 nitrogen and oxygen atoms in total. The molecule has 1 aromatic rings. The van der Waals surface area contributed by atoms with Gasteiger partial charge >= 0.3 is 0 Å². The van der Waals surface area contributed by atoms with E-state index in [1.807, 2.05) is 6.07 Å². The van der Waals surface area contributed by atoms with E-state index < -0.39 is 11.7 Å². The van der Waals surface area contributed by atoms with Gasteiger partial charge in [0.1, 0.15) is 0 Å². The van der Waals surface area contributed by atoms with Crippen molar-refractivity contribution >= 4 is 0 Å². The number of aromatic hydroxyl groups is 1. The van der Waals surface area contributed by atoms with Crippen molar-refractivity contribution in [2.24, 2.45) is 11.3 Å². The number of aliphatic hydroxyl groups excluding tert-OH is 1. The number of rotatable bonds is 0. The lowest BCUT2D eigenvalue weighted by Gasteiger charge is -2.49. The van der Waals surface area contributed by atoms with Crippen molar-refractivity contribution in [1.82, 2.24) is 0 Å². The van der Waals surface area contributed by atoms with E-state index in [4.69, 9.17) is 4.74 Å². The van der Waals surface area contributed by atoms with Gasteiger partial charge in [-0.3, -0.25) is 0 Å². The summed E-state index contributed by atoms with van der Waals surface area (Å²) in [6, 6.07) is 2.00. The second-order valence-corrected chi connectivity index (χ2v) is 8.85. The van der Waals surface area contributed by atoms with Crippen molar-refractivity contribution in [3.8, 4) is 11.5 Å². The summed E-state index contributed by atoms with van der Waals surface area (Å²) in [6.07, 6.45) is 3.05. The van der Waals surface area contributed by atoms with Crippen molar-refractivity contribution in [3.63, 3.8) is 0 Å². The molecule has 1 aliphatic heterocycles. The first-order chi connectivity index (χ1) is 11.2. The van der Waals surface area contributed by atoms with Crippen LogP contribution in [-0.2, 0) is 6.42 Å². The predicted octanol–water partition coefficient (Wildman–Crippen LogP) is 3.43. The van der Waals surface area contributed by atoms with Crippen LogP contribution in [0.4, 0.5) is 0 Å². The average molecular weight is 332 g/mol. The summed E-state index contributed by atoms with van der Waals surface area (Å²) in [7, 11) is 0. The molecule has 0 radical (unpaired) electrons. The highest BCUT2D eigenvalue weighted by Gasteiger charge is 2.51. The first kappa shape index (κ1) is 16.2. The number of aliphatic hydroxyl groups is 2. The quantitative estimate of drug-likeness (QED) is 0.681. The molecule has 1 saturated carbocycles. The van der Waals surface area contributed by atoms with Crippen LogP contribution in [0.1, 0.15) is 75.2 Å². The topological polar surface area (TPSA) is 69.9 Å². The molecule has 2 aliphatic carbocycles. The van der Waals surface area contributed by atoms with Gasteiger partial charge in [0.15, 0.2) is 11.5 Å². The Morgan fingerprint density at radius 3 is 2.71 bits per heavy atom. The van der Waals surface area contributed by atoms with Crippen molar-refractivity contribution in [2.45, 2.75) is 70.5 Å². The molecule has 3 N–H and O–H groups in total. The molecule has 4 heteroatoms. The average Bonchev–Trinajstić information content (AvgIpc) is 2.81. The number of ether oxygens (including phenoxy) is 1. The number of benzene rings is 1. The zero-order valence-corrected chi connectivity index (χ0v) is 14.8. The number of hydrogen-bond donors (Lipinski definition) is 3. The molecule has 1 aromatic carbocycles. The first-order valence-corrected chi connectivity index (χ1v) is 9.15. The summed E-state index contributed by atoms with van der Waals surface area (Å²) in [5.74, 6) is 0.913. The van der Waals surface area contributed by atoms with Gasteiger partial charge in [-0.05, 0) is 42.2 Å². The third-order valence-corrected chi connectivity index (χ3v) is 6.75. The summed E-state index contributed by atoms with van der Waals surface area (Å²) < 4.78 is 5.68. The van der Waals surface area contributed by atoms with Gasteiger partial charge in [0, 0.05) is 23.5 Å². The van der Waals surface area contributed by atoms with Crippen molar-refractivity contribution in [1.29, 1.82) is 0 Å². The summed E-state index contributed by atoms with van der Waals surface area (Å²) in [5.41, 5.74) is 1.55. The van der Waals surface area contributed by atoms with Gasteiger partial charge in [0.25, 0.3) is 0 Å². The van der Waals surface area contributed by atoms with Crippen LogP contribution in [0.2, 0.25) is 0 Å². The van der Waals surface area contributed by atoms with Gasteiger partial charge in [-0.2, -0.15) is 0 Å².